The molecule has 2 atom stereocenters. The Labute approximate surface area is 113 Å². The Morgan fingerprint density at radius 2 is 1.89 bits per heavy atom. The van der Waals surface area contributed by atoms with Gasteiger partial charge in [-0.05, 0) is 37.6 Å². The molecule has 2 fully saturated rings. The highest BCUT2D eigenvalue weighted by Gasteiger charge is 2.48. The summed E-state index contributed by atoms with van der Waals surface area (Å²) in [6.07, 6.45) is 7.43. The highest BCUT2D eigenvalue weighted by atomic mass is 16.5. The molecule has 0 aromatic carbocycles. The lowest BCUT2D eigenvalue weighted by Gasteiger charge is -2.52. The van der Waals surface area contributed by atoms with Gasteiger partial charge >= 0.3 is 0 Å². The Kier molecular flexibility index (Phi) is 4.71. The molecule has 0 amide bonds. The Bertz CT molecular complexity index is 256. The molecule has 0 saturated heterocycles. The fourth-order valence-corrected chi connectivity index (χ4v) is 3.35. The van der Waals surface area contributed by atoms with E-state index in [2.05, 4.69) is 33.0 Å². The van der Waals surface area contributed by atoms with Crippen LogP contribution in [0.3, 0.4) is 0 Å². The summed E-state index contributed by atoms with van der Waals surface area (Å²) in [6, 6.07) is 0.662. The monoisotopic (exact) mass is 253 g/mol. The van der Waals surface area contributed by atoms with Crippen LogP contribution in [0, 0.1) is 17.3 Å². The summed E-state index contributed by atoms with van der Waals surface area (Å²) in [5.74, 6) is 1.59. The summed E-state index contributed by atoms with van der Waals surface area (Å²) < 4.78 is 6.02. The van der Waals surface area contributed by atoms with Gasteiger partial charge < -0.3 is 10.1 Å². The van der Waals surface area contributed by atoms with Crippen LogP contribution < -0.4 is 5.32 Å². The first-order chi connectivity index (χ1) is 8.50. The second kappa shape index (κ2) is 5.92. The van der Waals surface area contributed by atoms with Gasteiger partial charge in [0.2, 0.25) is 0 Å². The summed E-state index contributed by atoms with van der Waals surface area (Å²) in [6.45, 7) is 11.3. The molecule has 0 heterocycles. The average Bonchev–Trinajstić information content (AvgIpc) is 2.79. The minimum absolute atomic E-state index is 0.313. The van der Waals surface area contributed by atoms with Gasteiger partial charge in [-0.3, -0.25) is 0 Å². The molecule has 2 nitrogen and oxygen atoms in total. The molecule has 0 aliphatic heterocycles. The van der Waals surface area contributed by atoms with E-state index < -0.39 is 0 Å². The molecule has 106 valence electrons. The van der Waals surface area contributed by atoms with Crippen LogP contribution in [0.25, 0.3) is 0 Å². The first-order valence-corrected chi connectivity index (χ1v) is 7.85. The molecule has 0 spiro atoms. The molecule has 2 rings (SSSR count). The van der Waals surface area contributed by atoms with Crippen LogP contribution in [-0.4, -0.2) is 25.3 Å². The zero-order chi connectivity index (χ0) is 13.2. The molecule has 0 radical (unpaired) electrons. The molecule has 0 aromatic heterocycles. The molecule has 0 aromatic rings. The van der Waals surface area contributed by atoms with Gasteiger partial charge in [-0.25, -0.2) is 0 Å². The molecule has 2 unspecified atom stereocenters. The van der Waals surface area contributed by atoms with Crippen LogP contribution in [0.2, 0.25) is 0 Å². The highest BCUT2D eigenvalue weighted by Crippen LogP contribution is 2.43. The SMILES string of the molecule is CC(C)COC1CC(NCC2CCCC2)C1(C)C. The summed E-state index contributed by atoms with van der Waals surface area (Å²) >= 11 is 0. The van der Waals surface area contributed by atoms with E-state index in [4.69, 9.17) is 4.74 Å². The lowest BCUT2D eigenvalue weighted by atomic mass is 9.64. The molecule has 2 aliphatic carbocycles. The quantitative estimate of drug-likeness (QED) is 0.781. The third-order valence-electron chi connectivity index (χ3n) is 4.94. The topological polar surface area (TPSA) is 21.3 Å². The molecule has 1 N–H and O–H groups in total. The fraction of sp³-hybridized carbons (Fsp3) is 1.00. The van der Waals surface area contributed by atoms with Crippen molar-refractivity contribution in [2.75, 3.05) is 13.2 Å². The number of hydrogen-bond acceptors (Lipinski definition) is 2. The van der Waals surface area contributed by atoms with E-state index >= 15 is 0 Å². The molecular formula is C16H31NO. The van der Waals surface area contributed by atoms with Crippen molar-refractivity contribution < 1.29 is 4.74 Å². The molecular weight excluding hydrogens is 222 g/mol. The van der Waals surface area contributed by atoms with Crippen LogP contribution in [0.4, 0.5) is 0 Å². The van der Waals surface area contributed by atoms with Gasteiger partial charge in [-0.15, -0.1) is 0 Å². The van der Waals surface area contributed by atoms with Crippen LogP contribution in [0.1, 0.15) is 59.8 Å². The largest absolute Gasteiger partial charge is 0.377 e. The van der Waals surface area contributed by atoms with Crippen LogP contribution in [0.5, 0.6) is 0 Å². The number of ether oxygens (including phenoxy) is 1. The van der Waals surface area contributed by atoms with Crippen molar-refractivity contribution in [3.63, 3.8) is 0 Å². The third kappa shape index (κ3) is 3.27. The molecule has 2 aliphatic rings. The Balaban J connectivity index is 1.69. The predicted octanol–water partition coefficient (Wildman–Crippen LogP) is 3.61. The maximum absolute atomic E-state index is 6.02. The summed E-state index contributed by atoms with van der Waals surface area (Å²) in [5.41, 5.74) is 0.313. The third-order valence-corrected chi connectivity index (χ3v) is 4.94. The van der Waals surface area contributed by atoms with E-state index in [0.29, 0.717) is 23.5 Å². The van der Waals surface area contributed by atoms with Crippen LogP contribution >= 0.6 is 0 Å². The lowest BCUT2D eigenvalue weighted by molar-refractivity contribution is -0.124. The molecule has 2 heteroatoms. The van der Waals surface area contributed by atoms with Crippen molar-refractivity contribution in [2.24, 2.45) is 17.3 Å². The maximum atomic E-state index is 6.02. The second-order valence-electron chi connectivity index (χ2n) is 7.38. The molecule has 2 saturated carbocycles. The van der Waals surface area contributed by atoms with E-state index in [0.717, 1.165) is 12.5 Å². The van der Waals surface area contributed by atoms with Gasteiger partial charge in [0.15, 0.2) is 0 Å². The average molecular weight is 253 g/mol. The van der Waals surface area contributed by atoms with E-state index in [1.807, 2.05) is 0 Å². The van der Waals surface area contributed by atoms with Gasteiger partial charge in [-0.1, -0.05) is 40.5 Å². The van der Waals surface area contributed by atoms with Crippen molar-refractivity contribution in [1.82, 2.24) is 5.32 Å². The Morgan fingerprint density at radius 3 is 2.44 bits per heavy atom. The molecule has 18 heavy (non-hydrogen) atoms. The predicted molar refractivity (Wildman–Crippen MR) is 76.7 cm³/mol. The molecule has 0 bridgehead atoms. The van der Waals surface area contributed by atoms with Gasteiger partial charge in [0, 0.05) is 18.1 Å². The van der Waals surface area contributed by atoms with Gasteiger partial charge in [0.1, 0.15) is 0 Å². The second-order valence-corrected chi connectivity index (χ2v) is 7.38. The zero-order valence-corrected chi connectivity index (χ0v) is 12.7. The minimum Gasteiger partial charge on any atom is -0.377 e. The summed E-state index contributed by atoms with van der Waals surface area (Å²) in [7, 11) is 0. The van der Waals surface area contributed by atoms with Gasteiger partial charge in [-0.2, -0.15) is 0 Å². The van der Waals surface area contributed by atoms with Crippen LogP contribution in [0.15, 0.2) is 0 Å². The first kappa shape index (κ1) is 14.3. The number of nitrogens with one attached hydrogen (secondary N) is 1. The van der Waals surface area contributed by atoms with Crippen molar-refractivity contribution in [3.8, 4) is 0 Å². The standard InChI is InChI=1S/C16H31NO/c1-12(2)11-18-15-9-14(16(15,3)4)17-10-13-7-5-6-8-13/h12-15,17H,5-11H2,1-4H3. The smallest absolute Gasteiger partial charge is 0.0656 e. The maximum Gasteiger partial charge on any atom is 0.0656 e. The Hall–Kier alpha value is -0.0800. The van der Waals surface area contributed by atoms with Crippen LogP contribution in [-0.2, 0) is 4.74 Å². The van der Waals surface area contributed by atoms with E-state index in [9.17, 15) is 0 Å². The summed E-state index contributed by atoms with van der Waals surface area (Å²) in [5, 5.41) is 3.79. The van der Waals surface area contributed by atoms with Gasteiger partial charge in [0.25, 0.3) is 0 Å². The van der Waals surface area contributed by atoms with Crippen molar-refractivity contribution in [1.29, 1.82) is 0 Å². The highest BCUT2D eigenvalue weighted by molar-refractivity contribution is 5.03. The summed E-state index contributed by atoms with van der Waals surface area (Å²) in [4.78, 5) is 0. The van der Waals surface area contributed by atoms with E-state index in [-0.39, 0.29) is 0 Å². The van der Waals surface area contributed by atoms with E-state index in [1.165, 1.54) is 38.6 Å². The number of rotatable bonds is 6. The Morgan fingerprint density at radius 1 is 1.22 bits per heavy atom. The van der Waals surface area contributed by atoms with Crippen molar-refractivity contribution >= 4 is 0 Å². The van der Waals surface area contributed by atoms with Crippen molar-refractivity contribution in [2.45, 2.75) is 71.9 Å². The minimum atomic E-state index is 0.313. The number of hydrogen-bond donors (Lipinski definition) is 1. The van der Waals surface area contributed by atoms with E-state index in [1.54, 1.807) is 0 Å². The van der Waals surface area contributed by atoms with Crippen molar-refractivity contribution in [3.05, 3.63) is 0 Å². The normalized spacial score (nSPS) is 31.8. The van der Waals surface area contributed by atoms with Gasteiger partial charge in [0.05, 0.1) is 6.10 Å². The lowest BCUT2D eigenvalue weighted by Crippen LogP contribution is -2.61. The fourth-order valence-electron chi connectivity index (χ4n) is 3.35. The zero-order valence-electron chi connectivity index (χ0n) is 12.7. The first-order valence-electron chi connectivity index (χ1n) is 7.85.